The van der Waals surface area contributed by atoms with Crippen molar-refractivity contribution in [1.82, 2.24) is 5.32 Å². The second-order valence-corrected chi connectivity index (χ2v) is 6.00. The normalized spacial score (nSPS) is 12.7. The Morgan fingerprint density at radius 2 is 1.78 bits per heavy atom. The van der Waals surface area contributed by atoms with E-state index in [2.05, 4.69) is 49.7 Å². The summed E-state index contributed by atoms with van der Waals surface area (Å²) >= 11 is 8.18. The van der Waals surface area contributed by atoms with Gasteiger partial charge in [-0.2, -0.15) is 0 Å². The monoisotopic (exact) mass is 279 g/mol. The topological polar surface area (TPSA) is 12.0 Å². The molecule has 0 saturated heterocycles. The van der Waals surface area contributed by atoms with E-state index < -0.39 is 0 Å². The molecule has 0 amide bonds. The van der Waals surface area contributed by atoms with Crippen molar-refractivity contribution in [3.8, 4) is 0 Å². The summed E-state index contributed by atoms with van der Waals surface area (Å²) in [6.45, 7) is 6.37. The highest BCUT2D eigenvalue weighted by molar-refractivity contribution is 7.10. The SMILES string of the molecule is CNC(c1cc(C)c(C)cc1Cl)c1sccc1C. The van der Waals surface area contributed by atoms with Gasteiger partial charge in [-0.3, -0.25) is 0 Å². The third-order valence-electron chi connectivity index (χ3n) is 3.38. The molecular formula is C15H18ClNS. The minimum absolute atomic E-state index is 0.178. The van der Waals surface area contributed by atoms with E-state index in [0.717, 1.165) is 10.6 Å². The molecule has 3 heteroatoms. The largest absolute Gasteiger partial charge is 0.309 e. The average Bonchev–Trinajstić information content (AvgIpc) is 2.73. The Morgan fingerprint density at radius 1 is 1.11 bits per heavy atom. The van der Waals surface area contributed by atoms with Gasteiger partial charge in [0.1, 0.15) is 0 Å². The number of aryl methyl sites for hydroxylation is 3. The summed E-state index contributed by atoms with van der Waals surface area (Å²) in [5.41, 5.74) is 4.99. The quantitative estimate of drug-likeness (QED) is 0.863. The Hall–Kier alpha value is -0.830. The first-order valence-corrected chi connectivity index (χ1v) is 7.28. The summed E-state index contributed by atoms with van der Waals surface area (Å²) in [7, 11) is 1.98. The van der Waals surface area contributed by atoms with Gasteiger partial charge in [0.15, 0.2) is 0 Å². The summed E-state index contributed by atoms with van der Waals surface area (Å²) in [6.07, 6.45) is 0. The maximum Gasteiger partial charge on any atom is 0.0685 e. The lowest BCUT2D eigenvalue weighted by Crippen LogP contribution is -2.18. The van der Waals surface area contributed by atoms with Crippen LogP contribution in [0.15, 0.2) is 23.6 Å². The molecule has 1 aromatic carbocycles. The van der Waals surface area contributed by atoms with E-state index in [1.165, 1.54) is 21.6 Å². The zero-order valence-corrected chi connectivity index (χ0v) is 12.7. The average molecular weight is 280 g/mol. The van der Waals surface area contributed by atoms with Crippen molar-refractivity contribution in [2.24, 2.45) is 0 Å². The van der Waals surface area contributed by atoms with Crippen molar-refractivity contribution in [3.05, 3.63) is 55.7 Å². The maximum atomic E-state index is 6.41. The van der Waals surface area contributed by atoms with Crippen LogP contribution >= 0.6 is 22.9 Å². The Bertz CT molecular complexity index is 560. The highest BCUT2D eigenvalue weighted by Gasteiger charge is 2.18. The van der Waals surface area contributed by atoms with E-state index in [4.69, 9.17) is 11.6 Å². The van der Waals surface area contributed by atoms with E-state index in [0.29, 0.717) is 0 Å². The molecule has 0 aliphatic carbocycles. The molecule has 2 aromatic rings. The minimum atomic E-state index is 0.178. The number of benzene rings is 1. The fraction of sp³-hybridized carbons (Fsp3) is 0.333. The van der Waals surface area contributed by atoms with Gasteiger partial charge in [0.05, 0.1) is 6.04 Å². The Kier molecular flexibility index (Phi) is 4.10. The van der Waals surface area contributed by atoms with Crippen LogP contribution in [-0.4, -0.2) is 7.05 Å². The fourth-order valence-electron chi connectivity index (χ4n) is 2.13. The first-order chi connectivity index (χ1) is 8.54. The van der Waals surface area contributed by atoms with Crippen molar-refractivity contribution < 1.29 is 0 Å². The fourth-order valence-corrected chi connectivity index (χ4v) is 3.51. The molecule has 96 valence electrons. The van der Waals surface area contributed by atoms with Gasteiger partial charge in [-0.05, 0) is 67.6 Å². The molecule has 1 aromatic heterocycles. The van der Waals surface area contributed by atoms with Crippen LogP contribution in [0, 0.1) is 20.8 Å². The highest BCUT2D eigenvalue weighted by atomic mass is 35.5. The van der Waals surface area contributed by atoms with Crippen LogP contribution in [0.5, 0.6) is 0 Å². The van der Waals surface area contributed by atoms with Crippen molar-refractivity contribution in [3.63, 3.8) is 0 Å². The molecule has 0 aliphatic heterocycles. The minimum Gasteiger partial charge on any atom is -0.309 e. The van der Waals surface area contributed by atoms with Gasteiger partial charge >= 0.3 is 0 Å². The molecule has 0 bridgehead atoms. The molecular weight excluding hydrogens is 262 g/mol. The number of nitrogens with one attached hydrogen (secondary N) is 1. The maximum absolute atomic E-state index is 6.41. The number of rotatable bonds is 3. The first kappa shape index (κ1) is 13.6. The van der Waals surface area contributed by atoms with Gasteiger partial charge in [0.25, 0.3) is 0 Å². The molecule has 0 saturated carbocycles. The summed E-state index contributed by atoms with van der Waals surface area (Å²) in [6, 6.07) is 6.58. The van der Waals surface area contributed by atoms with Crippen LogP contribution < -0.4 is 5.32 Å². The molecule has 0 radical (unpaired) electrons. The van der Waals surface area contributed by atoms with Crippen LogP contribution in [0.4, 0.5) is 0 Å². The van der Waals surface area contributed by atoms with Gasteiger partial charge in [0.2, 0.25) is 0 Å². The molecule has 2 rings (SSSR count). The predicted molar refractivity (Wildman–Crippen MR) is 80.9 cm³/mol. The molecule has 0 spiro atoms. The Labute approximate surface area is 118 Å². The molecule has 1 N–H and O–H groups in total. The van der Waals surface area contributed by atoms with E-state index in [9.17, 15) is 0 Å². The molecule has 0 fully saturated rings. The zero-order chi connectivity index (χ0) is 13.3. The standard InChI is InChI=1S/C15H18ClNS/c1-9-5-6-18-15(9)14(17-4)12-7-10(2)11(3)8-13(12)16/h5-8,14,17H,1-4H3. The van der Waals surface area contributed by atoms with Crippen LogP contribution in [0.1, 0.15) is 33.2 Å². The lowest BCUT2D eigenvalue weighted by atomic mass is 9.98. The molecule has 1 unspecified atom stereocenters. The van der Waals surface area contributed by atoms with Crippen molar-refractivity contribution in [2.75, 3.05) is 7.05 Å². The summed E-state index contributed by atoms with van der Waals surface area (Å²) in [4.78, 5) is 1.34. The summed E-state index contributed by atoms with van der Waals surface area (Å²) in [5, 5.41) is 6.34. The van der Waals surface area contributed by atoms with Gasteiger partial charge < -0.3 is 5.32 Å². The van der Waals surface area contributed by atoms with E-state index in [-0.39, 0.29) is 6.04 Å². The second-order valence-electron chi connectivity index (χ2n) is 4.65. The lowest BCUT2D eigenvalue weighted by Gasteiger charge is -2.19. The van der Waals surface area contributed by atoms with Gasteiger partial charge in [-0.15, -0.1) is 11.3 Å². The second kappa shape index (κ2) is 5.43. The molecule has 1 nitrogen and oxygen atoms in total. The van der Waals surface area contributed by atoms with Crippen molar-refractivity contribution in [1.29, 1.82) is 0 Å². The number of hydrogen-bond acceptors (Lipinski definition) is 2. The van der Waals surface area contributed by atoms with Gasteiger partial charge in [0, 0.05) is 9.90 Å². The van der Waals surface area contributed by atoms with Crippen LogP contribution in [0.25, 0.3) is 0 Å². The van der Waals surface area contributed by atoms with Crippen molar-refractivity contribution >= 4 is 22.9 Å². The smallest absolute Gasteiger partial charge is 0.0685 e. The first-order valence-electron chi connectivity index (χ1n) is 6.02. The summed E-state index contributed by atoms with van der Waals surface area (Å²) < 4.78 is 0. The van der Waals surface area contributed by atoms with E-state index in [1.807, 2.05) is 7.05 Å². The summed E-state index contributed by atoms with van der Waals surface area (Å²) in [5.74, 6) is 0. The molecule has 1 atom stereocenters. The van der Waals surface area contributed by atoms with Crippen LogP contribution in [0.3, 0.4) is 0 Å². The number of halogens is 1. The number of hydrogen-bond donors (Lipinski definition) is 1. The Balaban J connectivity index is 2.52. The molecule has 0 aliphatic rings. The molecule has 1 heterocycles. The number of thiophene rings is 1. The van der Waals surface area contributed by atoms with Crippen LogP contribution in [0.2, 0.25) is 5.02 Å². The highest BCUT2D eigenvalue weighted by Crippen LogP contribution is 2.34. The lowest BCUT2D eigenvalue weighted by molar-refractivity contribution is 0.699. The zero-order valence-electron chi connectivity index (χ0n) is 11.2. The van der Waals surface area contributed by atoms with Crippen LogP contribution in [-0.2, 0) is 0 Å². The van der Waals surface area contributed by atoms with E-state index >= 15 is 0 Å². The third-order valence-corrected chi connectivity index (χ3v) is 4.79. The predicted octanol–water partition coefficient (Wildman–Crippen LogP) is 4.64. The third kappa shape index (κ3) is 2.46. The Morgan fingerprint density at radius 3 is 2.33 bits per heavy atom. The molecule has 18 heavy (non-hydrogen) atoms. The van der Waals surface area contributed by atoms with Gasteiger partial charge in [-0.1, -0.05) is 17.7 Å². The van der Waals surface area contributed by atoms with Gasteiger partial charge in [-0.25, -0.2) is 0 Å². The van der Waals surface area contributed by atoms with Crippen molar-refractivity contribution in [2.45, 2.75) is 26.8 Å². The van der Waals surface area contributed by atoms with E-state index in [1.54, 1.807) is 11.3 Å².